The number of rotatable bonds is 6. The van der Waals surface area contributed by atoms with Crippen LogP contribution in [0.2, 0.25) is 0 Å². The Morgan fingerprint density at radius 1 is 1.59 bits per heavy atom. The summed E-state index contributed by atoms with van der Waals surface area (Å²) >= 11 is 0. The molecule has 6 nitrogen and oxygen atoms in total. The molecule has 1 heterocycles. The van der Waals surface area contributed by atoms with Crippen molar-refractivity contribution in [3.05, 3.63) is 17.5 Å². The maximum absolute atomic E-state index is 11.6. The largest absolute Gasteiger partial charge is 0.475 e. The molecule has 1 amide bonds. The van der Waals surface area contributed by atoms with Gasteiger partial charge in [-0.05, 0) is 13.3 Å². The number of hydrogen-bond acceptors (Lipinski definition) is 4. The average molecular weight is 240 g/mol. The molecule has 0 saturated heterocycles. The number of carbonyl (C=O) groups excluding carboxylic acids is 1. The zero-order valence-electron chi connectivity index (χ0n) is 9.90. The molecule has 2 N–H and O–H groups in total. The molecule has 0 fully saturated rings. The van der Waals surface area contributed by atoms with Crippen LogP contribution in [0.25, 0.3) is 0 Å². The molecule has 0 radical (unpaired) electrons. The second-order valence-corrected chi connectivity index (χ2v) is 3.90. The number of nitrogens with one attached hydrogen (secondary N) is 1. The van der Waals surface area contributed by atoms with E-state index in [0.29, 0.717) is 0 Å². The van der Waals surface area contributed by atoms with E-state index in [-0.39, 0.29) is 17.5 Å². The van der Waals surface area contributed by atoms with E-state index in [1.54, 1.807) is 0 Å². The van der Waals surface area contributed by atoms with Gasteiger partial charge < -0.3 is 14.9 Å². The van der Waals surface area contributed by atoms with Crippen LogP contribution < -0.4 is 5.32 Å². The number of unbranched alkanes of at least 4 members (excludes halogenated alkanes) is 1. The van der Waals surface area contributed by atoms with Gasteiger partial charge in [0.2, 0.25) is 5.76 Å². The summed E-state index contributed by atoms with van der Waals surface area (Å²) in [4.78, 5) is 22.2. The summed E-state index contributed by atoms with van der Waals surface area (Å²) in [5.74, 6) is -1.99. The van der Waals surface area contributed by atoms with Crippen LogP contribution in [-0.2, 0) is 0 Å². The molecule has 0 aromatic carbocycles. The fourth-order valence-corrected chi connectivity index (χ4v) is 1.36. The molecule has 17 heavy (non-hydrogen) atoms. The first-order valence-corrected chi connectivity index (χ1v) is 5.55. The molecule has 0 aliphatic heterocycles. The maximum atomic E-state index is 11.6. The van der Waals surface area contributed by atoms with Gasteiger partial charge in [-0.3, -0.25) is 4.79 Å². The fourth-order valence-electron chi connectivity index (χ4n) is 1.36. The number of carbonyl (C=O) groups is 2. The number of amides is 1. The number of aromatic carboxylic acids is 1. The van der Waals surface area contributed by atoms with Crippen molar-refractivity contribution in [2.24, 2.45) is 0 Å². The van der Waals surface area contributed by atoms with Crippen molar-refractivity contribution >= 4 is 11.9 Å². The van der Waals surface area contributed by atoms with Crippen LogP contribution in [0.1, 0.15) is 54.2 Å². The minimum atomic E-state index is -1.24. The topological polar surface area (TPSA) is 92.4 Å². The molecule has 0 saturated carbocycles. The fraction of sp³-hybridized carbons (Fsp3) is 0.545. The summed E-state index contributed by atoms with van der Waals surface area (Å²) in [5, 5.41) is 14.7. The predicted octanol–water partition coefficient (Wildman–Crippen LogP) is 1.68. The highest BCUT2D eigenvalue weighted by Gasteiger charge is 2.17. The van der Waals surface area contributed by atoms with Gasteiger partial charge in [0, 0.05) is 12.1 Å². The van der Waals surface area contributed by atoms with Crippen molar-refractivity contribution in [3.63, 3.8) is 0 Å². The number of hydrogen-bond donors (Lipinski definition) is 2. The molecule has 0 spiro atoms. The molecule has 1 rings (SSSR count). The van der Waals surface area contributed by atoms with Crippen LogP contribution in [0.5, 0.6) is 0 Å². The SMILES string of the molecule is CCCCC(C)NC(=O)c1cc(C(=O)O)on1. The monoisotopic (exact) mass is 240 g/mol. The number of carboxylic acids is 1. The van der Waals surface area contributed by atoms with Crippen LogP contribution in [0.15, 0.2) is 10.6 Å². The first-order chi connectivity index (χ1) is 8.04. The van der Waals surface area contributed by atoms with Gasteiger partial charge in [-0.15, -0.1) is 0 Å². The quantitative estimate of drug-likeness (QED) is 0.789. The van der Waals surface area contributed by atoms with Crippen molar-refractivity contribution in [2.75, 3.05) is 0 Å². The molecule has 1 unspecified atom stereocenters. The van der Waals surface area contributed by atoms with E-state index in [0.717, 1.165) is 25.3 Å². The van der Waals surface area contributed by atoms with E-state index >= 15 is 0 Å². The molecular weight excluding hydrogens is 224 g/mol. The van der Waals surface area contributed by atoms with Gasteiger partial charge in [0.1, 0.15) is 0 Å². The first kappa shape index (κ1) is 13.2. The van der Waals surface area contributed by atoms with Crippen LogP contribution in [0, 0.1) is 0 Å². The van der Waals surface area contributed by atoms with E-state index in [1.807, 2.05) is 6.92 Å². The molecule has 0 aliphatic carbocycles. The lowest BCUT2D eigenvalue weighted by molar-refractivity contribution is 0.0651. The molecule has 1 aromatic heterocycles. The number of carboxylic acid groups (broad SMARTS) is 1. The Labute approximate surface area is 99.0 Å². The van der Waals surface area contributed by atoms with Crippen LogP contribution in [-0.4, -0.2) is 28.2 Å². The third-order valence-electron chi connectivity index (χ3n) is 2.32. The Bertz CT molecular complexity index is 400. The Kier molecular flexibility index (Phi) is 4.68. The molecule has 94 valence electrons. The molecule has 0 bridgehead atoms. The molecule has 1 atom stereocenters. The third-order valence-corrected chi connectivity index (χ3v) is 2.32. The van der Waals surface area contributed by atoms with Gasteiger partial charge in [0.25, 0.3) is 5.91 Å². The molecule has 0 aliphatic rings. The van der Waals surface area contributed by atoms with Gasteiger partial charge in [-0.2, -0.15) is 0 Å². The average Bonchev–Trinajstić information content (AvgIpc) is 2.75. The Balaban J connectivity index is 2.54. The van der Waals surface area contributed by atoms with E-state index in [2.05, 4.69) is 21.9 Å². The summed E-state index contributed by atoms with van der Waals surface area (Å²) in [6.45, 7) is 3.97. The van der Waals surface area contributed by atoms with Gasteiger partial charge in [-0.25, -0.2) is 4.79 Å². The first-order valence-electron chi connectivity index (χ1n) is 5.55. The summed E-state index contributed by atoms with van der Waals surface area (Å²) in [6, 6.07) is 1.15. The minimum absolute atomic E-state index is 0.00857. The highest BCUT2D eigenvalue weighted by molar-refractivity contribution is 5.94. The van der Waals surface area contributed by atoms with Crippen molar-refractivity contribution in [1.82, 2.24) is 10.5 Å². The minimum Gasteiger partial charge on any atom is -0.475 e. The van der Waals surface area contributed by atoms with Crippen LogP contribution in [0.3, 0.4) is 0 Å². The summed E-state index contributed by atoms with van der Waals surface area (Å²) in [7, 11) is 0. The summed E-state index contributed by atoms with van der Waals surface area (Å²) in [5.41, 5.74) is -0.00857. The summed E-state index contributed by atoms with van der Waals surface area (Å²) in [6.07, 6.45) is 2.97. The molecule has 1 aromatic rings. The summed E-state index contributed by atoms with van der Waals surface area (Å²) < 4.78 is 4.50. The van der Waals surface area contributed by atoms with E-state index < -0.39 is 11.9 Å². The highest BCUT2D eigenvalue weighted by atomic mass is 16.5. The highest BCUT2D eigenvalue weighted by Crippen LogP contribution is 2.05. The van der Waals surface area contributed by atoms with Crippen molar-refractivity contribution in [1.29, 1.82) is 0 Å². The predicted molar refractivity (Wildman–Crippen MR) is 59.9 cm³/mol. The number of aromatic nitrogens is 1. The van der Waals surface area contributed by atoms with Crippen molar-refractivity contribution in [2.45, 2.75) is 39.2 Å². The normalized spacial score (nSPS) is 12.1. The molecule has 6 heteroatoms. The van der Waals surface area contributed by atoms with Crippen LogP contribution >= 0.6 is 0 Å². The van der Waals surface area contributed by atoms with Crippen molar-refractivity contribution < 1.29 is 19.2 Å². The maximum Gasteiger partial charge on any atom is 0.374 e. The zero-order chi connectivity index (χ0) is 12.8. The lowest BCUT2D eigenvalue weighted by Gasteiger charge is -2.11. The van der Waals surface area contributed by atoms with E-state index in [1.165, 1.54) is 0 Å². The second kappa shape index (κ2) is 6.03. The van der Waals surface area contributed by atoms with E-state index in [9.17, 15) is 9.59 Å². The lowest BCUT2D eigenvalue weighted by atomic mass is 10.1. The third kappa shape index (κ3) is 3.90. The standard InChI is InChI=1S/C11H16N2O4/c1-3-4-5-7(2)12-10(14)8-6-9(11(15)16)17-13-8/h6-7H,3-5H2,1-2H3,(H,12,14)(H,15,16). The Morgan fingerprint density at radius 2 is 2.29 bits per heavy atom. The van der Waals surface area contributed by atoms with E-state index in [4.69, 9.17) is 5.11 Å². The number of nitrogens with zero attached hydrogens (tertiary/aromatic N) is 1. The van der Waals surface area contributed by atoms with Crippen LogP contribution in [0.4, 0.5) is 0 Å². The van der Waals surface area contributed by atoms with Gasteiger partial charge in [0.05, 0.1) is 0 Å². The second-order valence-electron chi connectivity index (χ2n) is 3.90. The smallest absolute Gasteiger partial charge is 0.374 e. The van der Waals surface area contributed by atoms with Crippen molar-refractivity contribution in [3.8, 4) is 0 Å². The molecular formula is C11H16N2O4. The lowest BCUT2D eigenvalue weighted by Crippen LogP contribution is -2.32. The van der Waals surface area contributed by atoms with Gasteiger partial charge >= 0.3 is 5.97 Å². The zero-order valence-corrected chi connectivity index (χ0v) is 9.90. The Morgan fingerprint density at radius 3 is 2.82 bits per heavy atom. The Hall–Kier alpha value is -1.85. The van der Waals surface area contributed by atoms with Gasteiger partial charge in [-0.1, -0.05) is 24.9 Å². The van der Waals surface area contributed by atoms with Gasteiger partial charge in [0.15, 0.2) is 5.69 Å².